The van der Waals surface area contributed by atoms with E-state index in [1.807, 2.05) is 0 Å². The van der Waals surface area contributed by atoms with Gasteiger partial charge < -0.3 is 5.73 Å². The Morgan fingerprint density at radius 1 is 1.59 bits per heavy atom. The number of aromatic nitrogens is 2. The van der Waals surface area contributed by atoms with Crippen LogP contribution >= 0.6 is 0 Å². The van der Waals surface area contributed by atoms with Crippen molar-refractivity contribution in [3.63, 3.8) is 0 Å². The maximum Gasteiger partial charge on any atom is 0.246 e. The molecule has 0 radical (unpaired) electrons. The van der Waals surface area contributed by atoms with Crippen LogP contribution < -0.4 is 5.73 Å². The Balaban J connectivity index is 2.27. The molecule has 96 valence electrons. The topological polar surface area (TPSA) is 81.2 Å². The number of nitrogens with zero attached hydrogens (tertiary/aromatic N) is 3. The van der Waals surface area contributed by atoms with E-state index >= 15 is 0 Å². The van der Waals surface area contributed by atoms with Crippen LogP contribution in [0.2, 0.25) is 0 Å². The van der Waals surface area contributed by atoms with Crippen LogP contribution in [0.3, 0.4) is 0 Å². The smallest absolute Gasteiger partial charge is 0.246 e. The summed E-state index contributed by atoms with van der Waals surface area (Å²) in [4.78, 5) is 0.250. The summed E-state index contributed by atoms with van der Waals surface area (Å²) in [6.45, 7) is 0.720. The summed E-state index contributed by atoms with van der Waals surface area (Å²) in [5.74, 6) is 0. The van der Waals surface area contributed by atoms with Crippen molar-refractivity contribution >= 4 is 10.0 Å². The summed E-state index contributed by atoms with van der Waals surface area (Å²) in [7, 11) is -1.73. The molecule has 1 fully saturated rings. The maximum atomic E-state index is 12.4. The van der Waals surface area contributed by atoms with Crippen LogP contribution in [0.5, 0.6) is 0 Å². The fourth-order valence-corrected chi connectivity index (χ4v) is 3.65. The number of aryl methyl sites for hydroxylation is 1. The maximum absolute atomic E-state index is 12.4. The Bertz CT molecular complexity index is 478. The van der Waals surface area contributed by atoms with Gasteiger partial charge in [0.2, 0.25) is 10.0 Å². The Kier molecular flexibility index (Phi) is 3.50. The first-order chi connectivity index (χ1) is 8.05. The summed E-state index contributed by atoms with van der Waals surface area (Å²) in [5, 5.41) is 3.91. The van der Waals surface area contributed by atoms with Crippen LogP contribution in [0.1, 0.15) is 19.3 Å². The molecule has 0 aromatic carbocycles. The molecule has 0 bridgehead atoms. The predicted molar refractivity (Wildman–Crippen MR) is 63.8 cm³/mol. The van der Waals surface area contributed by atoms with Gasteiger partial charge >= 0.3 is 0 Å². The molecule has 17 heavy (non-hydrogen) atoms. The molecule has 6 nitrogen and oxygen atoms in total. The monoisotopic (exact) mass is 258 g/mol. The zero-order valence-corrected chi connectivity index (χ0v) is 10.7. The van der Waals surface area contributed by atoms with Gasteiger partial charge in [0.25, 0.3) is 0 Å². The molecule has 0 unspecified atom stereocenters. The Labute approximate surface area is 101 Å². The van der Waals surface area contributed by atoms with Crippen molar-refractivity contribution in [1.29, 1.82) is 0 Å². The van der Waals surface area contributed by atoms with Gasteiger partial charge in [0.1, 0.15) is 4.90 Å². The van der Waals surface area contributed by atoms with Gasteiger partial charge in [0, 0.05) is 32.4 Å². The largest absolute Gasteiger partial charge is 0.329 e. The highest BCUT2D eigenvalue weighted by atomic mass is 32.2. The van der Waals surface area contributed by atoms with E-state index < -0.39 is 10.0 Å². The molecule has 1 heterocycles. The highest BCUT2D eigenvalue weighted by Crippen LogP contribution is 2.29. The standard InChI is InChI=1S/C10H18N4O2S/c1-13-8-10(7-12-13)17(15,16)14(6-5-11)9-3-2-4-9/h7-9H,2-6,11H2,1H3. The molecule has 0 aliphatic heterocycles. The molecule has 2 N–H and O–H groups in total. The second-order valence-corrected chi connectivity index (χ2v) is 6.23. The van der Waals surface area contributed by atoms with Gasteiger partial charge in [-0.15, -0.1) is 0 Å². The van der Waals surface area contributed by atoms with Crippen molar-refractivity contribution in [1.82, 2.24) is 14.1 Å². The Hall–Kier alpha value is -0.920. The molecule has 7 heteroatoms. The van der Waals surface area contributed by atoms with Crippen molar-refractivity contribution in [2.75, 3.05) is 13.1 Å². The molecule has 0 amide bonds. The average molecular weight is 258 g/mol. The second-order valence-electron chi connectivity index (χ2n) is 4.34. The zero-order valence-electron chi connectivity index (χ0n) is 9.91. The first kappa shape index (κ1) is 12.5. The number of hydrogen-bond acceptors (Lipinski definition) is 4. The van der Waals surface area contributed by atoms with E-state index in [2.05, 4.69) is 5.10 Å². The van der Waals surface area contributed by atoms with E-state index in [9.17, 15) is 8.42 Å². The molecule has 2 rings (SSSR count). The number of rotatable bonds is 5. The van der Waals surface area contributed by atoms with Crippen LogP contribution in [0.4, 0.5) is 0 Å². The number of sulfonamides is 1. The SMILES string of the molecule is Cn1cc(S(=O)(=O)N(CCN)C2CCC2)cn1. The van der Waals surface area contributed by atoms with E-state index in [0.717, 1.165) is 19.3 Å². The van der Waals surface area contributed by atoms with Gasteiger partial charge in [-0.2, -0.15) is 9.40 Å². The third kappa shape index (κ3) is 2.36. The molecular formula is C10H18N4O2S. The van der Waals surface area contributed by atoms with Crippen molar-refractivity contribution in [2.45, 2.75) is 30.2 Å². The summed E-state index contributed by atoms with van der Waals surface area (Å²) in [6, 6.07) is 0.115. The molecular weight excluding hydrogens is 240 g/mol. The number of hydrogen-bond donors (Lipinski definition) is 1. The minimum absolute atomic E-state index is 0.115. The van der Waals surface area contributed by atoms with Gasteiger partial charge in [0.15, 0.2) is 0 Å². The van der Waals surface area contributed by atoms with Gasteiger partial charge in [-0.1, -0.05) is 6.42 Å². The van der Waals surface area contributed by atoms with Crippen LogP contribution in [0, 0.1) is 0 Å². The number of nitrogens with two attached hydrogens (primary N) is 1. The van der Waals surface area contributed by atoms with Crippen molar-refractivity contribution in [3.8, 4) is 0 Å². The molecule has 1 aliphatic carbocycles. The summed E-state index contributed by atoms with van der Waals surface area (Å²) < 4.78 is 27.8. The molecule has 1 saturated carbocycles. The van der Waals surface area contributed by atoms with E-state index in [0.29, 0.717) is 13.1 Å². The highest BCUT2D eigenvalue weighted by Gasteiger charge is 2.34. The second kappa shape index (κ2) is 4.75. The first-order valence-electron chi connectivity index (χ1n) is 5.76. The molecule has 1 aromatic heterocycles. The van der Waals surface area contributed by atoms with Gasteiger partial charge in [0.05, 0.1) is 6.20 Å². The molecule has 0 spiro atoms. The lowest BCUT2D eigenvalue weighted by Crippen LogP contribution is -2.46. The van der Waals surface area contributed by atoms with E-state index in [1.54, 1.807) is 7.05 Å². The Morgan fingerprint density at radius 2 is 2.29 bits per heavy atom. The lowest BCUT2D eigenvalue weighted by atomic mass is 9.93. The summed E-state index contributed by atoms with van der Waals surface area (Å²) in [5.41, 5.74) is 5.50. The lowest BCUT2D eigenvalue weighted by molar-refractivity contribution is 0.223. The molecule has 1 aliphatic rings. The van der Waals surface area contributed by atoms with E-state index in [1.165, 1.54) is 21.4 Å². The minimum Gasteiger partial charge on any atom is -0.329 e. The third-order valence-corrected chi connectivity index (χ3v) is 5.02. The summed E-state index contributed by atoms with van der Waals surface area (Å²) >= 11 is 0. The average Bonchev–Trinajstić information content (AvgIpc) is 2.62. The lowest BCUT2D eigenvalue weighted by Gasteiger charge is -2.35. The van der Waals surface area contributed by atoms with Crippen LogP contribution in [-0.4, -0.2) is 41.6 Å². The summed E-state index contributed by atoms with van der Waals surface area (Å²) in [6.07, 6.45) is 5.86. The first-order valence-corrected chi connectivity index (χ1v) is 7.20. The third-order valence-electron chi connectivity index (χ3n) is 3.12. The quantitative estimate of drug-likeness (QED) is 0.801. The highest BCUT2D eigenvalue weighted by molar-refractivity contribution is 7.89. The van der Waals surface area contributed by atoms with E-state index in [4.69, 9.17) is 5.73 Å². The minimum atomic E-state index is -3.43. The normalized spacial score (nSPS) is 17.4. The van der Waals surface area contributed by atoms with Gasteiger partial charge in [-0.25, -0.2) is 8.42 Å². The van der Waals surface area contributed by atoms with E-state index in [-0.39, 0.29) is 10.9 Å². The van der Waals surface area contributed by atoms with Crippen molar-refractivity contribution < 1.29 is 8.42 Å². The van der Waals surface area contributed by atoms with Crippen molar-refractivity contribution in [2.24, 2.45) is 12.8 Å². The molecule has 0 atom stereocenters. The fraction of sp³-hybridized carbons (Fsp3) is 0.700. The van der Waals surface area contributed by atoms with Gasteiger partial charge in [-0.05, 0) is 12.8 Å². The fourth-order valence-electron chi connectivity index (χ4n) is 1.97. The molecule has 0 saturated heterocycles. The predicted octanol–water partition coefficient (Wildman–Crippen LogP) is -0.0780. The van der Waals surface area contributed by atoms with Crippen LogP contribution in [-0.2, 0) is 17.1 Å². The van der Waals surface area contributed by atoms with Crippen LogP contribution in [0.25, 0.3) is 0 Å². The molecule has 1 aromatic rings. The van der Waals surface area contributed by atoms with Crippen LogP contribution in [0.15, 0.2) is 17.3 Å². The zero-order chi connectivity index (χ0) is 12.5. The van der Waals surface area contributed by atoms with Gasteiger partial charge in [-0.3, -0.25) is 4.68 Å². The Morgan fingerprint density at radius 3 is 2.71 bits per heavy atom. The van der Waals surface area contributed by atoms with Crippen molar-refractivity contribution in [3.05, 3.63) is 12.4 Å².